The molecule has 5 heteroatoms. The summed E-state index contributed by atoms with van der Waals surface area (Å²) < 4.78 is 5.99. The zero-order chi connectivity index (χ0) is 12.0. The molecule has 0 aliphatic heterocycles. The summed E-state index contributed by atoms with van der Waals surface area (Å²) in [6.07, 6.45) is 0. The highest BCUT2D eigenvalue weighted by Crippen LogP contribution is 2.20. The Labute approximate surface area is 110 Å². The number of thiocarbonyl (C=S) groups is 1. The summed E-state index contributed by atoms with van der Waals surface area (Å²) in [5.74, 6) is 0. The molecular weight excluding hydrogens is 288 g/mol. The molecule has 0 amide bonds. The number of ether oxygens (including phenoxy) is 1. The minimum atomic E-state index is 0.604. The number of hydrogen-bond donors (Lipinski definition) is 2. The Kier molecular flexibility index (Phi) is 5.73. The first kappa shape index (κ1) is 13.4. The molecule has 0 aromatic heterocycles. The number of anilines is 1. The lowest BCUT2D eigenvalue weighted by molar-refractivity contribution is 0.204. The third-order valence-corrected chi connectivity index (χ3v) is 3.12. The molecule has 1 aromatic carbocycles. The van der Waals surface area contributed by atoms with Crippen molar-refractivity contribution in [3.05, 3.63) is 28.2 Å². The number of nitrogens with one attached hydrogen (secondary N) is 2. The second kappa shape index (κ2) is 6.83. The minimum absolute atomic E-state index is 0.604. The molecule has 2 N–H and O–H groups in total. The van der Waals surface area contributed by atoms with Gasteiger partial charge in [-0.3, -0.25) is 0 Å². The SMILES string of the molecule is COCCNC(=S)Nc1ccc(C)c(Br)c1. The quantitative estimate of drug-likeness (QED) is 0.662. The molecule has 0 heterocycles. The summed E-state index contributed by atoms with van der Waals surface area (Å²) >= 11 is 8.61. The lowest BCUT2D eigenvalue weighted by Gasteiger charge is -2.10. The van der Waals surface area contributed by atoms with E-state index in [0.29, 0.717) is 18.3 Å². The van der Waals surface area contributed by atoms with Crippen molar-refractivity contribution in [1.82, 2.24) is 5.32 Å². The van der Waals surface area contributed by atoms with Gasteiger partial charge < -0.3 is 15.4 Å². The van der Waals surface area contributed by atoms with E-state index in [0.717, 1.165) is 10.2 Å². The summed E-state index contributed by atoms with van der Waals surface area (Å²) in [6.45, 7) is 3.39. The third kappa shape index (κ3) is 4.47. The molecule has 0 spiro atoms. The Morgan fingerprint density at radius 3 is 2.88 bits per heavy atom. The lowest BCUT2D eigenvalue weighted by atomic mass is 10.2. The van der Waals surface area contributed by atoms with Gasteiger partial charge in [0, 0.05) is 23.8 Å². The van der Waals surface area contributed by atoms with Crippen LogP contribution >= 0.6 is 28.1 Å². The predicted molar refractivity (Wildman–Crippen MR) is 75.0 cm³/mol. The van der Waals surface area contributed by atoms with Gasteiger partial charge in [-0.25, -0.2) is 0 Å². The van der Waals surface area contributed by atoms with Gasteiger partial charge in [0.2, 0.25) is 0 Å². The van der Waals surface area contributed by atoms with Crippen LogP contribution in [0.3, 0.4) is 0 Å². The maximum Gasteiger partial charge on any atom is 0.170 e. The monoisotopic (exact) mass is 302 g/mol. The smallest absolute Gasteiger partial charge is 0.170 e. The Balaban J connectivity index is 2.46. The second-order valence-electron chi connectivity index (χ2n) is 3.34. The van der Waals surface area contributed by atoms with Crippen LogP contribution in [0.4, 0.5) is 5.69 Å². The maximum absolute atomic E-state index is 5.13. The second-order valence-corrected chi connectivity index (χ2v) is 4.60. The van der Waals surface area contributed by atoms with E-state index in [2.05, 4.69) is 26.6 Å². The van der Waals surface area contributed by atoms with Crippen molar-refractivity contribution in [1.29, 1.82) is 0 Å². The summed E-state index contributed by atoms with van der Waals surface area (Å²) in [4.78, 5) is 0. The maximum atomic E-state index is 5.13. The van der Waals surface area contributed by atoms with Crippen molar-refractivity contribution >= 4 is 38.9 Å². The molecule has 0 bridgehead atoms. The van der Waals surface area contributed by atoms with Crippen molar-refractivity contribution in [2.75, 3.05) is 25.6 Å². The summed E-state index contributed by atoms with van der Waals surface area (Å²) in [6, 6.07) is 6.02. The highest BCUT2D eigenvalue weighted by Gasteiger charge is 1.99. The average molecular weight is 303 g/mol. The zero-order valence-corrected chi connectivity index (χ0v) is 11.7. The zero-order valence-electron chi connectivity index (χ0n) is 9.34. The third-order valence-electron chi connectivity index (χ3n) is 2.02. The first-order chi connectivity index (χ1) is 7.63. The van der Waals surface area contributed by atoms with Gasteiger partial charge in [-0.15, -0.1) is 0 Å². The van der Waals surface area contributed by atoms with Crippen molar-refractivity contribution in [2.24, 2.45) is 0 Å². The van der Waals surface area contributed by atoms with E-state index >= 15 is 0 Å². The molecule has 0 fully saturated rings. The van der Waals surface area contributed by atoms with E-state index < -0.39 is 0 Å². The van der Waals surface area contributed by atoms with Crippen LogP contribution in [0.15, 0.2) is 22.7 Å². The lowest BCUT2D eigenvalue weighted by Crippen LogP contribution is -2.31. The van der Waals surface area contributed by atoms with Gasteiger partial charge in [-0.1, -0.05) is 22.0 Å². The molecule has 0 aliphatic rings. The molecule has 0 atom stereocenters. The highest BCUT2D eigenvalue weighted by atomic mass is 79.9. The molecule has 0 unspecified atom stereocenters. The van der Waals surface area contributed by atoms with Crippen molar-refractivity contribution in [3.63, 3.8) is 0 Å². The fourth-order valence-electron chi connectivity index (χ4n) is 1.11. The largest absolute Gasteiger partial charge is 0.383 e. The first-order valence-electron chi connectivity index (χ1n) is 4.93. The van der Waals surface area contributed by atoms with E-state index in [1.165, 1.54) is 5.56 Å². The standard InChI is InChI=1S/C11H15BrN2OS/c1-8-3-4-9(7-10(8)12)14-11(16)13-5-6-15-2/h3-4,7H,5-6H2,1-2H3,(H2,13,14,16). The average Bonchev–Trinajstić information content (AvgIpc) is 2.24. The van der Waals surface area contributed by atoms with Crippen LogP contribution in [0.5, 0.6) is 0 Å². The fraction of sp³-hybridized carbons (Fsp3) is 0.364. The van der Waals surface area contributed by atoms with E-state index in [9.17, 15) is 0 Å². The van der Waals surface area contributed by atoms with E-state index in [1.807, 2.05) is 25.1 Å². The minimum Gasteiger partial charge on any atom is -0.383 e. The van der Waals surface area contributed by atoms with Gasteiger partial charge in [0.05, 0.1) is 6.61 Å². The number of benzene rings is 1. The van der Waals surface area contributed by atoms with Gasteiger partial charge in [0.25, 0.3) is 0 Å². The normalized spacial score (nSPS) is 9.94. The Hall–Kier alpha value is -0.650. The van der Waals surface area contributed by atoms with Crippen LogP contribution in [0.1, 0.15) is 5.56 Å². The molecule has 1 rings (SSSR count). The number of hydrogen-bond acceptors (Lipinski definition) is 2. The number of rotatable bonds is 4. The van der Waals surface area contributed by atoms with Crippen LogP contribution in [0.2, 0.25) is 0 Å². The van der Waals surface area contributed by atoms with Gasteiger partial charge >= 0.3 is 0 Å². The van der Waals surface area contributed by atoms with Crippen LogP contribution in [-0.2, 0) is 4.74 Å². The molecule has 1 aromatic rings. The molecule has 0 radical (unpaired) electrons. The van der Waals surface area contributed by atoms with Crippen LogP contribution in [0, 0.1) is 6.92 Å². The number of halogens is 1. The number of methoxy groups -OCH3 is 1. The van der Waals surface area contributed by atoms with Crippen LogP contribution in [0.25, 0.3) is 0 Å². The number of aryl methyl sites for hydroxylation is 1. The molecule has 3 nitrogen and oxygen atoms in total. The summed E-state index contributed by atoms with van der Waals surface area (Å²) in [5, 5.41) is 6.75. The van der Waals surface area contributed by atoms with Crippen molar-refractivity contribution in [2.45, 2.75) is 6.92 Å². The topological polar surface area (TPSA) is 33.3 Å². The van der Waals surface area contributed by atoms with Gasteiger partial charge in [-0.2, -0.15) is 0 Å². The van der Waals surface area contributed by atoms with Crippen LogP contribution < -0.4 is 10.6 Å². The van der Waals surface area contributed by atoms with Crippen molar-refractivity contribution in [3.8, 4) is 0 Å². The van der Waals surface area contributed by atoms with Gasteiger partial charge in [0.1, 0.15) is 0 Å². The summed E-state index contributed by atoms with van der Waals surface area (Å²) in [7, 11) is 1.66. The molecule has 0 saturated carbocycles. The van der Waals surface area contributed by atoms with Gasteiger partial charge in [0.15, 0.2) is 5.11 Å². The van der Waals surface area contributed by atoms with Crippen LogP contribution in [-0.4, -0.2) is 25.4 Å². The van der Waals surface area contributed by atoms with E-state index in [-0.39, 0.29) is 0 Å². The Morgan fingerprint density at radius 2 is 2.25 bits per heavy atom. The van der Waals surface area contributed by atoms with E-state index in [4.69, 9.17) is 17.0 Å². The Morgan fingerprint density at radius 1 is 1.50 bits per heavy atom. The first-order valence-corrected chi connectivity index (χ1v) is 6.13. The van der Waals surface area contributed by atoms with Crippen molar-refractivity contribution < 1.29 is 4.74 Å². The molecule has 0 aliphatic carbocycles. The molecule has 16 heavy (non-hydrogen) atoms. The predicted octanol–water partition coefficient (Wildman–Crippen LogP) is 2.69. The van der Waals surface area contributed by atoms with Gasteiger partial charge in [-0.05, 0) is 36.8 Å². The Bertz CT molecular complexity index is 371. The van der Waals surface area contributed by atoms with E-state index in [1.54, 1.807) is 7.11 Å². The molecule has 88 valence electrons. The highest BCUT2D eigenvalue weighted by molar-refractivity contribution is 9.10. The molecule has 0 saturated heterocycles. The summed E-state index contributed by atoms with van der Waals surface area (Å²) in [5.41, 5.74) is 2.16. The molecular formula is C11H15BrN2OS. The fourth-order valence-corrected chi connectivity index (χ4v) is 1.71.